The van der Waals surface area contributed by atoms with Crippen LogP contribution in [-0.4, -0.2) is 52.6 Å². The first-order chi connectivity index (χ1) is 35.7. The minimum atomic E-state index is -0.245. The van der Waals surface area contributed by atoms with Gasteiger partial charge in [-0.2, -0.15) is 0 Å². The minimum Gasteiger partial charge on any atom is -0.445 e. The molecule has 0 radical (unpaired) electrons. The first-order valence-corrected chi connectivity index (χ1v) is 27.1. The highest BCUT2D eigenvalue weighted by atomic mass is 35.5. The van der Waals surface area contributed by atoms with Gasteiger partial charge in [0.1, 0.15) is 19.8 Å². The summed E-state index contributed by atoms with van der Waals surface area (Å²) in [4.78, 5) is 43.2. The third-order valence-electron chi connectivity index (χ3n) is 15.7. The van der Waals surface area contributed by atoms with Crippen LogP contribution in [0.25, 0.3) is 0 Å². The predicted octanol–water partition coefficient (Wildman–Crippen LogP) is 16.3. The maximum Gasteiger partial charge on any atom is 0.410 e. The van der Waals surface area contributed by atoms with Gasteiger partial charge in [0.25, 0.3) is 0 Å². The van der Waals surface area contributed by atoms with Crippen LogP contribution in [0.5, 0.6) is 0 Å². The van der Waals surface area contributed by atoms with Crippen LogP contribution in [-0.2, 0) is 34.0 Å². The molecule has 6 aromatic rings. The summed E-state index contributed by atoms with van der Waals surface area (Å²) >= 11 is 18.7. The van der Waals surface area contributed by atoms with E-state index in [0.29, 0.717) is 37.6 Å². The van der Waals surface area contributed by atoms with Crippen molar-refractivity contribution in [3.8, 4) is 0 Å². The molecule has 6 aromatic carbocycles. The molecular weight excluding hydrogens is 977 g/mol. The summed E-state index contributed by atoms with van der Waals surface area (Å²) in [6.07, 6.45) is 11.2. The molecule has 3 amide bonds. The Morgan fingerprint density at radius 3 is 1.29 bits per heavy atom. The molecule has 9 nitrogen and oxygen atoms in total. The van der Waals surface area contributed by atoms with Crippen molar-refractivity contribution in [3.63, 3.8) is 0 Å². The Bertz CT molecular complexity index is 2860. The number of halogens is 3. The number of carbonyl (C=O) groups is 3. The second kappa shape index (κ2) is 23.5. The highest BCUT2D eigenvalue weighted by molar-refractivity contribution is 6.31. The fourth-order valence-corrected chi connectivity index (χ4v) is 12.3. The molecule has 12 heteroatoms. The lowest BCUT2D eigenvalue weighted by molar-refractivity contribution is 0.0688. The number of ether oxygens (including phenoxy) is 3. The van der Waals surface area contributed by atoms with Crippen LogP contribution in [0.2, 0.25) is 15.1 Å². The fourth-order valence-electron chi connectivity index (χ4n) is 11.6. The number of amides is 3. The minimum absolute atomic E-state index is 0.0562. The number of likely N-dealkylation sites (tertiary alicyclic amines) is 3. The van der Waals surface area contributed by atoms with Gasteiger partial charge in [0.15, 0.2) is 0 Å². The third-order valence-corrected chi connectivity index (χ3v) is 16.5. The number of rotatable bonds is 6. The zero-order valence-corrected chi connectivity index (χ0v) is 43.3. The first kappa shape index (κ1) is 50.5. The molecule has 73 heavy (non-hydrogen) atoms. The molecule has 3 aliphatic heterocycles. The number of hydrogen-bond acceptors (Lipinski definition) is 6. The van der Waals surface area contributed by atoms with Crippen molar-refractivity contribution in [2.45, 2.75) is 120 Å². The molecule has 0 aromatic heterocycles. The number of benzene rings is 6. The van der Waals surface area contributed by atoms with Crippen molar-refractivity contribution in [3.05, 3.63) is 211 Å². The van der Waals surface area contributed by atoms with E-state index >= 15 is 0 Å². The average molecular weight is 1040 g/mol. The number of carbonyl (C=O) groups excluding carboxylic acids is 3. The highest BCUT2D eigenvalue weighted by Gasteiger charge is 2.44. The number of fused-ring (bicyclic) bond motifs is 15. The quantitative estimate of drug-likeness (QED) is 0.154. The zero-order chi connectivity index (χ0) is 50.3. The lowest BCUT2D eigenvalue weighted by atomic mass is 9.96. The lowest BCUT2D eigenvalue weighted by Crippen LogP contribution is -2.37. The van der Waals surface area contributed by atoms with E-state index in [1.165, 1.54) is 53.5 Å². The maximum atomic E-state index is 12.5. The molecule has 7 aliphatic rings. The van der Waals surface area contributed by atoms with E-state index in [2.05, 4.69) is 24.3 Å². The van der Waals surface area contributed by atoms with Gasteiger partial charge >= 0.3 is 18.3 Å². The van der Waals surface area contributed by atoms with Crippen molar-refractivity contribution in [2.24, 2.45) is 0 Å². The molecule has 0 spiro atoms. The molecular formula is C61H62Cl3N3O6. The average Bonchev–Trinajstić information content (AvgIpc) is 3.97. The van der Waals surface area contributed by atoms with Crippen molar-refractivity contribution < 1.29 is 28.6 Å². The molecule has 0 N–H and O–H groups in total. The normalized spacial score (nSPS) is 22.0. The van der Waals surface area contributed by atoms with Crippen LogP contribution in [0.1, 0.15) is 150 Å². The number of hydrogen-bond donors (Lipinski definition) is 0. The topological polar surface area (TPSA) is 88.6 Å². The Labute approximate surface area is 444 Å². The van der Waals surface area contributed by atoms with E-state index in [1.807, 2.05) is 136 Å². The molecule has 1 saturated carbocycles. The predicted molar refractivity (Wildman–Crippen MR) is 287 cm³/mol. The van der Waals surface area contributed by atoms with E-state index in [4.69, 9.17) is 49.0 Å². The summed E-state index contributed by atoms with van der Waals surface area (Å²) in [5.41, 5.74) is 10.5. The van der Waals surface area contributed by atoms with E-state index in [0.717, 1.165) is 95.5 Å². The van der Waals surface area contributed by atoms with Crippen LogP contribution in [0, 0.1) is 0 Å². The Kier molecular flexibility index (Phi) is 16.2. The smallest absolute Gasteiger partial charge is 0.410 e. The lowest BCUT2D eigenvalue weighted by Gasteiger charge is -2.33. The summed E-state index contributed by atoms with van der Waals surface area (Å²) in [5.74, 6) is 1.59. The summed E-state index contributed by atoms with van der Waals surface area (Å²) in [7, 11) is 0. The number of piperidine rings is 3. The molecule has 4 fully saturated rings. The maximum absolute atomic E-state index is 12.5. The Balaban J connectivity index is 0.000000121. The largest absolute Gasteiger partial charge is 0.445 e. The van der Waals surface area contributed by atoms with Gasteiger partial charge in [-0.3, -0.25) is 0 Å². The highest BCUT2D eigenvalue weighted by Crippen LogP contribution is 2.53. The zero-order valence-electron chi connectivity index (χ0n) is 41.1. The standard InChI is InChI=1S/3C19H18ClNO2.C4H8/c20-16-8-4-7-15-14-9-10-21(17(11-14)18(15)16)19(22)23-12-13-5-2-1-3-6-13;20-15-6-7-16-17(11-15)14-8-9-21(18(16)10-14)19(22)23-12-13-4-2-1-3-5-13;20-15-6-7-16-14-8-9-21(18(10-14)17(16)11-15)19(22)23-12-13-4-2-1-3-5-13;1-2-4-3-1/h1-8,14,17H,9-12H2;2*1-7,11,14,18H,8-10,12H2;1-4H2/t14?,17-;2*14?,18-;/m111./s1. The van der Waals surface area contributed by atoms with Gasteiger partial charge in [-0.1, -0.05) is 176 Å². The van der Waals surface area contributed by atoms with Gasteiger partial charge in [-0.15, -0.1) is 0 Å². The molecule has 3 saturated heterocycles. The van der Waals surface area contributed by atoms with Crippen molar-refractivity contribution in [1.82, 2.24) is 14.7 Å². The molecule has 378 valence electrons. The van der Waals surface area contributed by atoms with Gasteiger partial charge in [-0.05, 0) is 137 Å². The fraction of sp³-hybridized carbons (Fsp3) is 0.361. The summed E-state index contributed by atoms with van der Waals surface area (Å²) in [5, 5.41) is 2.26. The van der Waals surface area contributed by atoms with Gasteiger partial charge in [0.05, 0.1) is 18.1 Å². The molecule has 6 bridgehead atoms. The van der Waals surface area contributed by atoms with Gasteiger partial charge in [0.2, 0.25) is 0 Å². The summed E-state index contributed by atoms with van der Waals surface area (Å²) in [6, 6.07) is 47.8. The first-order valence-electron chi connectivity index (χ1n) is 26.0. The number of nitrogens with zero attached hydrogens (tertiary/aromatic N) is 3. The summed E-state index contributed by atoms with van der Waals surface area (Å²) < 4.78 is 16.6. The van der Waals surface area contributed by atoms with E-state index in [1.54, 1.807) is 0 Å². The second-order valence-electron chi connectivity index (χ2n) is 20.1. The third kappa shape index (κ3) is 11.7. The molecule has 3 unspecified atom stereocenters. The Morgan fingerprint density at radius 1 is 0.411 bits per heavy atom. The van der Waals surface area contributed by atoms with Crippen LogP contribution in [0.15, 0.2) is 146 Å². The van der Waals surface area contributed by atoms with Gasteiger partial charge < -0.3 is 28.9 Å². The monoisotopic (exact) mass is 1040 g/mol. The molecule has 3 heterocycles. The van der Waals surface area contributed by atoms with Crippen LogP contribution >= 0.6 is 34.8 Å². The molecule has 4 aliphatic carbocycles. The van der Waals surface area contributed by atoms with Gasteiger partial charge in [-0.25, -0.2) is 14.4 Å². The Morgan fingerprint density at radius 2 is 0.808 bits per heavy atom. The Hall–Kier alpha value is -6.00. The van der Waals surface area contributed by atoms with E-state index < -0.39 is 0 Å². The molecule has 13 rings (SSSR count). The van der Waals surface area contributed by atoms with Crippen LogP contribution in [0.3, 0.4) is 0 Å². The van der Waals surface area contributed by atoms with Crippen molar-refractivity contribution >= 4 is 53.1 Å². The van der Waals surface area contributed by atoms with Gasteiger partial charge in [0, 0.05) is 34.7 Å². The molecule has 6 atom stereocenters. The van der Waals surface area contributed by atoms with Crippen molar-refractivity contribution in [2.75, 3.05) is 19.6 Å². The second-order valence-corrected chi connectivity index (χ2v) is 21.4. The SMILES string of the molecule is C1CCC1.O=C(OCc1ccccc1)N1CCC2C[C@@H]1c1c(Cl)cccc12.O=C(OCc1ccccc1)N1CCC2C[C@@H]1c1cc(Cl)ccc12.O=C(OCc1ccccc1)N1CCC2C[C@@H]1c1ccc(Cl)cc12. The van der Waals surface area contributed by atoms with E-state index in [9.17, 15) is 14.4 Å². The van der Waals surface area contributed by atoms with Crippen LogP contribution < -0.4 is 0 Å². The van der Waals surface area contributed by atoms with Crippen LogP contribution in [0.4, 0.5) is 14.4 Å². The van der Waals surface area contributed by atoms with Crippen molar-refractivity contribution in [1.29, 1.82) is 0 Å². The van der Waals surface area contributed by atoms with E-state index in [-0.39, 0.29) is 36.4 Å². The summed E-state index contributed by atoms with van der Waals surface area (Å²) in [6.45, 7) is 3.16.